The number of hydrogen-bond donors (Lipinski definition) is 2. The van der Waals surface area contributed by atoms with Crippen molar-refractivity contribution in [2.75, 3.05) is 6.54 Å². The van der Waals surface area contributed by atoms with Crippen molar-refractivity contribution in [3.8, 4) is 5.75 Å². The largest absolute Gasteiger partial charge is 0.507 e. The number of hydrogen-bond acceptors (Lipinski definition) is 2. The van der Waals surface area contributed by atoms with E-state index in [4.69, 9.17) is 0 Å². The van der Waals surface area contributed by atoms with Gasteiger partial charge >= 0.3 is 0 Å². The summed E-state index contributed by atoms with van der Waals surface area (Å²) in [6.45, 7) is 12.6. The van der Waals surface area contributed by atoms with Crippen LogP contribution in [0.25, 0.3) is 0 Å². The number of phenols is 1. The summed E-state index contributed by atoms with van der Waals surface area (Å²) in [5, 5.41) is 13.1. The van der Waals surface area contributed by atoms with Gasteiger partial charge in [0, 0.05) is 6.54 Å². The molecule has 17 heavy (non-hydrogen) atoms. The second-order valence-electron chi connectivity index (χ2n) is 6.07. The van der Waals surface area contributed by atoms with Crippen LogP contribution in [-0.2, 0) is 6.54 Å². The Morgan fingerprint density at radius 1 is 1.12 bits per heavy atom. The van der Waals surface area contributed by atoms with Gasteiger partial charge in [-0.25, -0.2) is 0 Å². The molecule has 0 heterocycles. The Balaban J connectivity index is 2.48. The zero-order valence-corrected chi connectivity index (χ0v) is 11.7. The van der Waals surface area contributed by atoms with E-state index < -0.39 is 0 Å². The Hall–Kier alpha value is -1.02. The molecule has 0 spiro atoms. The van der Waals surface area contributed by atoms with Crippen molar-refractivity contribution in [3.05, 3.63) is 28.8 Å². The molecule has 1 aromatic carbocycles. The Morgan fingerprint density at radius 2 is 1.65 bits per heavy atom. The van der Waals surface area contributed by atoms with Crippen LogP contribution in [-0.4, -0.2) is 11.7 Å². The predicted octanol–water partition coefficient (Wildman–Crippen LogP) is 3.53. The number of benzene rings is 1. The van der Waals surface area contributed by atoms with Gasteiger partial charge in [-0.1, -0.05) is 32.9 Å². The van der Waals surface area contributed by atoms with Gasteiger partial charge in [-0.2, -0.15) is 0 Å². The summed E-state index contributed by atoms with van der Waals surface area (Å²) >= 11 is 0. The quantitative estimate of drug-likeness (QED) is 0.782. The highest BCUT2D eigenvalue weighted by Crippen LogP contribution is 2.23. The van der Waals surface area contributed by atoms with Gasteiger partial charge in [-0.05, 0) is 48.9 Å². The minimum atomic E-state index is 0.383. The van der Waals surface area contributed by atoms with Gasteiger partial charge in [0.05, 0.1) is 0 Å². The molecule has 0 aliphatic carbocycles. The van der Waals surface area contributed by atoms with E-state index in [2.05, 4.69) is 26.1 Å². The van der Waals surface area contributed by atoms with E-state index in [1.54, 1.807) is 0 Å². The topological polar surface area (TPSA) is 32.3 Å². The van der Waals surface area contributed by atoms with Gasteiger partial charge in [0.15, 0.2) is 0 Å². The van der Waals surface area contributed by atoms with Crippen LogP contribution in [0.4, 0.5) is 0 Å². The second-order valence-corrected chi connectivity index (χ2v) is 6.07. The lowest BCUT2D eigenvalue weighted by Crippen LogP contribution is -2.20. The summed E-state index contributed by atoms with van der Waals surface area (Å²) in [6, 6.07) is 4.10. The Morgan fingerprint density at radius 3 is 2.12 bits per heavy atom. The highest BCUT2D eigenvalue weighted by atomic mass is 16.3. The molecule has 1 rings (SSSR count). The molecule has 2 heteroatoms. The van der Waals surface area contributed by atoms with Crippen molar-refractivity contribution in [1.29, 1.82) is 0 Å². The highest BCUT2D eigenvalue weighted by molar-refractivity contribution is 5.42. The van der Waals surface area contributed by atoms with Crippen LogP contribution in [0.3, 0.4) is 0 Å². The third-order valence-corrected chi connectivity index (χ3v) is 2.93. The third-order valence-electron chi connectivity index (χ3n) is 2.93. The third kappa shape index (κ3) is 4.78. The molecule has 0 fully saturated rings. The van der Waals surface area contributed by atoms with Gasteiger partial charge in [0.1, 0.15) is 5.75 Å². The number of rotatable bonds is 4. The number of aryl methyl sites for hydroxylation is 2. The van der Waals surface area contributed by atoms with Crippen molar-refractivity contribution in [1.82, 2.24) is 5.32 Å². The van der Waals surface area contributed by atoms with E-state index in [-0.39, 0.29) is 0 Å². The summed E-state index contributed by atoms with van der Waals surface area (Å²) in [5.41, 5.74) is 3.54. The van der Waals surface area contributed by atoms with Crippen molar-refractivity contribution in [2.24, 2.45) is 5.41 Å². The Bertz CT molecular complexity index is 354. The van der Waals surface area contributed by atoms with Gasteiger partial charge in [0.2, 0.25) is 0 Å². The fourth-order valence-electron chi connectivity index (χ4n) is 1.84. The lowest BCUT2D eigenvalue weighted by Gasteiger charge is -2.18. The molecule has 0 saturated heterocycles. The molecule has 0 saturated carbocycles. The van der Waals surface area contributed by atoms with Crippen molar-refractivity contribution in [3.63, 3.8) is 0 Å². The normalized spacial score (nSPS) is 11.8. The molecule has 0 radical (unpaired) electrons. The van der Waals surface area contributed by atoms with Crippen molar-refractivity contribution >= 4 is 0 Å². The second kappa shape index (κ2) is 5.54. The van der Waals surface area contributed by atoms with Gasteiger partial charge in [0.25, 0.3) is 0 Å². The molecule has 96 valence electrons. The summed E-state index contributed by atoms with van der Waals surface area (Å²) < 4.78 is 0. The first-order valence-electron chi connectivity index (χ1n) is 6.29. The van der Waals surface area contributed by atoms with Crippen LogP contribution < -0.4 is 5.32 Å². The lowest BCUT2D eigenvalue weighted by atomic mass is 9.92. The maximum atomic E-state index is 9.69. The zero-order valence-electron chi connectivity index (χ0n) is 11.7. The molecule has 0 amide bonds. The van der Waals surface area contributed by atoms with Gasteiger partial charge in [-0.3, -0.25) is 0 Å². The lowest BCUT2D eigenvalue weighted by molar-refractivity contribution is 0.366. The van der Waals surface area contributed by atoms with Crippen LogP contribution in [0.2, 0.25) is 0 Å². The molecular weight excluding hydrogens is 210 g/mol. The average molecular weight is 235 g/mol. The monoisotopic (exact) mass is 235 g/mol. The summed E-state index contributed by atoms with van der Waals surface area (Å²) in [5.74, 6) is 0.420. The smallest absolute Gasteiger partial charge is 0.121 e. The van der Waals surface area contributed by atoms with Crippen LogP contribution in [0, 0.1) is 19.3 Å². The Labute approximate surface area is 105 Å². The SMILES string of the molecule is Cc1cc(CNCCC(C)(C)C)cc(C)c1O. The van der Waals surface area contributed by atoms with E-state index in [9.17, 15) is 5.11 Å². The molecule has 0 unspecified atom stereocenters. The first-order chi connectivity index (χ1) is 7.79. The first-order valence-corrected chi connectivity index (χ1v) is 6.29. The van der Waals surface area contributed by atoms with Gasteiger partial charge < -0.3 is 10.4 Å². The average Bonchev–Trinajstić information content (AvgIpc) is 2.19. The maximum Gasteiger partial charge on any atom is 0.121 e. The van der Waals surface area contributed by atoms with Gasteiger partial charge in [-0.15, -0.1) is 0 Å². The fraction of sp³-hybridized carbons (Fsp3) is 0.600. The standard InChI is InChI=1S/C15H25NO/c1-11-8-13(9-12(2)14(11)17)10-16-7-6-15(3,4)5/h8-9,16-17H,6-7,10H2,1-5H3. The predicted molar refractivity (Wildman–Crippen MR) is 73.4 cm³/mol. The minimum Gasteiger partial charge on any atom is -0.507 e. The van der Waals surface area contributed by atoms with Crippen LogP contribution in [0.5, 0.6) is 5.75 Å². The molecule has 0 aliphatic rings. The zero-order chi connectivity index (χ0) is 13.1. The maximum absolute atomic E-state index is 9.69. The van der Waals surface area contributed by atoms with E-state index in [0.717, 1.165) is 24.2 Å². The molecule has 0 atom stereocenters. The molecule has 0 aromatic heterocycles. The fourth-order valence-corrected chi connectivity index (χ4v) is 1.84. The molecule has 2 nitrogen and oxygen atoms in total. The number of aromatic hydroxyl groups is 1. The minimum absolute atomic E-state index is 0.383. The van der Waals surface area contributed by atoms with Crippen LogP contribution in [0.1, 0.15) is 43.9 Å². The molecule has 0 bridgehead atoms. The highest BCUT2D eigenvalue weighted by Gasteiger charge is 2.09. The summed E-state index contributed by atoms with van der Waals surface area (Å²) in [6.07, 6.45) is 1.17. The summed E-state index contributed by atoms with van der Waals surface area (Å²) in [7, 11) is 0. The summed E-state index contributed by atoms with van der Waals surface area (Å²) in [4.78, 5) is 0. The van der Waals surface area contributed by atoms with Crippen LogP contribution in [0.15, 0.2) is 12.1 Å². The number of phenolic OH excluding ortho intramolecular Hbond substituents is 1. The molecule has 0 aliphatic heterocycles. The van der Waals surface area contributed by atoms with Crippen LogP contribution >= 0.6 is 0 Å². The van der Waals surface area contributed by atoms with Crippen molar-refractivity contribution < 1.29 is 5.11 Å². The van der Waals surface area contributed by atoms with E-state index >= 15 is 0 Å². The molecule has 2 N–H and O–H groups in total. The first kappa shape index (κ1) is 14.0. The van der Waals surface area contributed by atoms with E-state index in [1.165, 1.54) is 12.0 Å². The van der Waals surface area contributed by atoms with E-state index in [0.29, 0.717) is 11.2 Å². The molecular formula is C15H25NO. The Kier molecular flexibility index (Phi) is 4.58. The molecule has 1 aromatic rings. The van der Waals surface area contributed by atoms with E-state index in [1.807, 2.05) is 26.0 Å². The number of nitrogens with one attached hydrogen (secondary N) is 1. The van der Waals surface area contributed by atoms with Crippen molar-refractivity contribution in [2.45, 2.75) is 47.6 Å².